The number of aliphatic carboxylic acids is 3. The third-order valence-electron chi connectivity index (χ3n) is 17.6. The minimum absolute atomic E-state index is 0.0434. The summed E-state index contributed by atoms with van der Waals surface area (Å²) in [5, 5.41) is 94.4. The van der Waals surface area contributed by atoms with Gasteiger partial charge in [-0.25, -0.2) is 9.59 Å². The van der Waals surface area contributed by atoms with Crippen molar-refractivity contribution in [1.82, 2.24) is 0 Å². The second-order valence-corrected chi connectivity index (χ2v) is 20.5. The zero-order valence-electron chi connectivity index (χ0n) is 34.3. The van der Waals surface area contributed by atoms with Crippen molar-refractivity contribution < 1.29 is 79.3 Å². The molecule has 7 aliphatic rings. The minimum atomic E-state index is -2.06. The Morgan fingerprint density at radius 1 is 0.707 bits per heavy atom. The summed E-state index contributed by atoms with van der Waals surface area (Å²) in [6.45, 7) is 13.0. The van der Waals surface area contributed by atoms with Crippen molar-refractivity contribution >= 4 is 17.9 Å². The van der Waals surface area contributed by atoms with Gasteiger partial charge in [0.2, 0.25) is 0 Å². The molecular weight excluding hydrogens is 760 g/mol. The zero-order chi connectivity index (χ0) is 42.7. The highest BCUT2D eigenvalue weighted by Crippen LogP contribution is 2.76. The third-order valence-corrected chi connectivity index (χ3v) is 17.6. The number of carbonyl (C=O) groups is 3. The van der Waals surface area contributed by atoms with Gasteiger partial charge in [-0.05, 0) is 111 Å². The average molecular weight is 825 g/mol. The molecule has 0 aromatic carbocycles. The first-order valence-electron chi connectivity index (χ1n) is 20.9. The Balaban J connectivity index is 1.17. The van der Waals surface area contributed by atoms with Crippen molar-refractivity contribution in [3.8, 4) is 0 Å². The lowest BCUT2D eigenvalue weighted by molar-refractivity contribution is -0.372. The number of fused-ring (bicyclic) bond motifs is 7. The first kappa shape index (κ1) is 43.8. The van der Waals surface area contributed by atoms with E-state index in [4.69, 9.17) is 18.9 Å². The van der Waals surface area contributed by atoms with Gasteiger partial charge in [-0.15, -0.1) is 0 Å². The van der Waals surface area contributed by atoms with Crippen LogP contribution in [0.4, 0.5) is 0 Å². The standard InChI is InChI=1S/C42H64O16/c1-37-13-14-38(2,36(53)54)17-20(37)19-7-8-22-39(3)11-10-23(40(4,18-43)21(39)9-12-42(22,6)41(19,5)16-15-37)55-35-31(27(47)26(46)30(57-35)33(51)52)58-34-28(48)24(44)25(45)29(56-34)32(49)50/h7,20-31,34-35,43-48H,8-18H2,1-6H3,(H,49,50)(H,51,52)(H,53,54)/t20?,21?,22?,23-,24-,25-,26-,27-,28+,29-,30-,31+,34-,35+,37+,38-,39-,40+,41?,42+/m0/s1. The lowest BCUT2D eigenvalue weighted by Gasteiger charge is -2.71. The molecule has 6 fully saturated rings. The lowest BCUT2D eigenvalue weighted by Crippen LogP contribution is -2.68. The number of carboxylic acid groups (broad SMARTS) is 3. The van der Waals surface area contributed by atoms with Gasteiger partial charge in [-0.1, -0.05) is 46.3 Å². The molecule has 16 nitrogen and oxygen atoms in total. The van der Waals surface area contributed by atoms with Gasteiger partial charge < -0.3 is 64.9 Å². The predicted molar refractivity (Wildman–Crippen MR) is 200 cm³/mol. The molecule has 0 amide bonds. The third kappa shape index (κ3) is 6.33. The van der Waals surface area contributed by atoms with Crippen LogP contribution in [0.1, 0.15) is 106 Å². The summed E-state index contributed by atoms with van der Waals surface area (Å²) in [6.07, 6.45) is -10.4. The molecule has 16 heteroatoms. The van der Waals surface area contributed by atoms with Crippen molar-refractivity contribution in [2.24, 2.45) is 50.2 Å². The number of carboxylic acids is 3. The van der Waals surface area contributed by atoms with Crippen LogP contribution in [0.25, 0.3) is 0 Å². The van der Waals surface area contributed by atoms with E-state index in [1.54, 1.807) is 0 Å². The number of hydrogen-bond acceptors (Lipinski definition) is 13. The highest BCUT2D eigenvalue weighted by Gasteiger charge is 2.69. The SMILES string of the molecule is CC12CC[C@@]3(C)CC[C@](C)(C(=O)O)CC3C1=CCC1[C@@]3(C)CC[C@H](O[C@@H]4O[C@H](C(=O)O)[C@@H](O)[C@H](O)[C@H]4O[C@@H]4O[C@H](C(=O)O)[C@@H](O)[C@H](O)[C@H]4O)[C@](C)(CO)C3CC[C@]12C. The Hall–Kier alpha value is -2.25. The molecule has 2 heterocycles. The first-order chi connectivity index (χ1) is 26.9. The smallest absolute Gasteiger partial charge is 0.335 e. The molecule has 4 unspecified atom stereocenters. The van der Waals surface area contributed by atoms with Crippen molar-refractivity contribution in [3.63, 3.8) is 0 Å². The van der Waals surface area contributed by atoms with E-state index in [-0.39, 0.29) is 46.0 Å². The number of hydrogen-bond donors (Lipinski definition) is 9. The van der Waals surface area contributed by atoms with E-state index >= 15 is 0 Å². The molecule has 7 rings (SSSR count). The molecule has 5 aliphatic carbocycles. The quantitative estimate of drug-likeness (QED) is 0.125. The molecule has 4 saturated carbocycles. The highest BCUT2D eigenvalue weighted by molar-refractivity contribution is 5.75. The van der Waals surface area contributed by atoms with E-state index in [2.05, 4.69) is 33.8 Å². The molecule has 2 aliphatic heterocycles. The maximum Gasteiger partial charge on any atom is 0.335 e. The van der Waals surface area contributed by atoms with Crippen LogP contribution in [0.15, 0.2) is 11.6 Å². The van der Waals surface area contributed by atoms with Crippen molar-refractivity contribution in [2.45, 2.75) is 173 Å². The van der Waals surface area contributed by atoms with Crippen LogP contribution < -0.4 is 0 Å². The number of aliphatic hydroxyl groups excluding tert-OH is 6. The van der Waals surface area contributed by atoms with E-state index in [0.717, 1.165) is 38.5 Å². The molecule has 2 saturated heterocycles. The Morgan fingerprint density at radius 2 is 1.31 bits per heavy atom. The van der Waals surface area contributed by atoms with E-state index < -0.39 is 96.3 Å². The fraction of sp³-hybridized carbons (Fsp3) is 0.881. The summed E-state index contributed by atoms with van der Waals surface area (Å²) in [7, 11) is 0. The predicted octanol–water partition coefficient (Wildman–Crippen LogP) is 2.04. The molecule has 58 heavy (non-hydrogen) atoms. The second kappa shape index (κ2) is 14.7. The van der Waals surface area contributed by atoms with Crippen molar-refractivity contribution in [1.29, 1.82) is 0 Å². The average Bonchev–Trinajstić information content (AvgIpc) is 3.16. The van der Waals surface area contributed by atoms with E-state index in [0.29, 0.717) is 25.7 Å². The maximum absolute atomic E-state index is 12.5. The lowest BCUT2D eigenvalue weighted by atomic mass is 9.33. The van der Waals surface area contributed by atoms with Crippen molar-refractivity contribution in [3.05, 3.63) is 11.6 Å². The normalized spacial score (nSPS) is 54.2. The Bertz CT molecular complexity index is 1670. The number of allylic oxidation sites excluding steroid dienone is 2. The molecular formula is C42H64O16. The van der Waals surface area contributed by atoms with E-state index in [9.17, 15) is 60.3 Å². The molecule has 20 atom stereocenters. The van der Waals surface area contributed by atoms with Gasteiger partial charge >= 0.3 is 17.9 Å². The molecule has 0 spiro atoms. The number of aliphatic hydroxyl groups is 6. The molecule has 0 radical (unpaired) electrons. The van der Waals surface area contributed by atoms with E-state index in [1.807, 2.05) is 13.8 Å². The van der Waals surface area contributed by atoms with Gasteiger partial charge in [0, 0.05) is 5.41 Å². The van der Waals surface area contributed by atoms with Crippen LogP contribution >= 0.6 is 0 Å². The number of ether oxygens (including phenoxy) is 4. The van der Waals surface area contributed by atoms with Gasteiger partial charge in [-0.3, -0.25) is 4.79 Å². The highest BCUT2D eigenvalue weighted by atomic mass is 16.8. The summed E-state index contributed by atoms with van der Waals surface area (Å²) in [5.74, 6) is -3.72. The van der Waals surface area contributed by atoms with Gasteiger partial charge in [0.15, 0.2) is 24.8 Å². The van der Waals surface area contributed by atoms with Crippen LogP contribution in [-0.4, -0.2) is 138 Å². The molecule has 328 valence electrons. The molecule has 0 bridgehead atoms. The summed E-state index contributed by atoms with van der Waals surface area (Å²) in [4.78, 5) is 36.5. The van der Waals surface area contributed by atoms with Gasteiger partial charge in [0.25, 0.3) is 0 Å². The van der Waals surface area contributed by atoms with Gasteiger partial charge in [0.05, 0.1) is 18.1 Å². The van der Waals surface area contributed by atoms with Crippen molar-refractivity contribution in [2.75, 3.05) is 6.61 Å². The second-order valence-electron chi connectivity index (χ2n) is 20.5. The van der Waals surface area contributed by atoms with Crippen LogP contribution in [-0.2, 0) is 33.3 Å². The van der Waals surface area contributed by atoms with Gasteiger partial charge in [0.1, 0.15) is 36.6 Å². The van der Waals surface area contributed by atoms with Crippen LogP contribution in [0, 0.1) is 50.2 Å². The minimum Gasteiger partial charge on any atom is -0.481 e. The zero-order valence-corrected chi connectivity index (χ0v) is 34.3. The Morgan fingerprint density at radius 3 is 1.91 bits per heavy atom. The summed E-state index contributed by atoms with van der Waals surface area (Å²) in [5.41, 5.74) is -0.824. The Labute approximate surface area is 338 Å². The van der Waals surface area contributed by atoms with Crippen LogP contribution in [0.3, 0.4) is 0 Å². The molecule has 9 N–H and O–H groups in total. The number of rotatable bonds is 8. The summed E-state index contributed by atoms with van der Waals surface area (Å²) >= 11 is 0. The van der Waals surface area contributed by atoms with E-state index in [1.165, 1.54) is 5.57 Å². The summed E-state index contributed by atoms with van der Waals surface area (Å²) < 4.78 is 23.4. The molecule has 0 aromatic heterocycles. The van der Waals surface area contributed by atoms with Crippen LogP contribution in [0.2, 0.25) is 0 Å². The fourth-order valence-corrected chi connectivity index (χ4v) is 13.6. The van der Waals surface area contributed by atoms with Gasteiger partial charge in [-0.2, -0.15) is 0 Å². The van der Waals surface area contributed by atoms with Crippen LogP contribution in [0.5, 0.6) is 0 Å². The fourth-order valence-electron chi connectivity index (χ4n) is 13.6. The maximum atomic E-state index is 12.5. The monoisotopic (exact) mass is 824 g/mol. The topological polar surface area (TPSA) is 270 Å². The molecule has 0 aromatic rings. The first-order valence-corrected chi connectivity index (χ1v) is 20.9. The Kier molecular flexibility index (Phi) is 11.1. The summed E-state index contributed by atoms with van der Waals surface area (Å²) in [6, 6.07) is 0. The largest absolute Gasteiger partial charge is 0.481 e.